The minimum atomic E-state index is -0.0314. The van der Waals surface area contributed by atoms with Crippen LogP contribution in [0.5, 0.6) is 0 Å². The number of hydrogen-bond acceptors (Lipinski definition) is 5. The molecule has 0 aliphatic rings. The zero-order valence-electron chi connectivity index (χ0n) is 14.2. The molecule has 0 bridgehead atoms. The molecule has 7 heteroatoms. The van der Waals surface area contributed by atoms with E-state index in [0.717, 1.165) is 30.0 Å². The molecular weight excluding hydrogens is 318 g/mol. The van der Waals surface area contributed by atoms with E-state index in [4.69, 9.17) is 4.52 Å². The maximum absolute atomic E-state index is 12.1. The summed E-state index contributed by atoms with van der Waals surface area (Å²) in [6.45, 7) is 2.07. The Hall–Kier alpha value is -2.96. The molecule has 3 aromatic rings. The number of aryl methyl sites for hydroxylation is 2. The van der Waals surface area contributed by atoms with Gasteiger partial charge in [-0.05, 0) is 31.0 Å². The second-order valence-corrected chi connectivity index (χ2v) is 5.78. The lowest BCUT2D eigenvalue weighted by Gasteiger charge is -2.07. The third-order valence-corrected chi connectivity index (χ3v) is 3.71. The lowest BCUT2D eigenvalue weighted by molar-refractivity contribution is -0.116. The average molecular weight is 339 g/mol. The number of carbonyl (C=O) groups is 1. The Kier molecular flexibility index (Phi) is 5.56. The first-order valence-corrected chi connectivity index (χ1v) is 8.44. The van der Waals surface area contributed by atoms with Crippen molar-refractivity contribution in [3.05, 3.63) is 54.7 Å². The first-order valence-electron chi connectivity index (χ1n) is 8.44. The molecule has 0 saturated carbocycles. The number of nitrogens with one attached hydrogen (secondary N) is 1. The van der Waals surface area contributed by atoms with Crippen LogP contribution in [-0.2, 0) is 17.6 Å². The fourth-order valence-electron chi connectivity index (χ4n) is 2.50. The molecule has 0 atom stereocenters. The molecule has 2 aromatic heterocycles. The van der Waals surface area contributed by atoms with Crippen LogP contribution in [-0.4, -0.2) is 25.6 Å². The molecule has 1 aromatic carbocycles. The number of nitrogens with zero attached hydrogens (tertiary/aromatic N) is 4. The highest BCUT2D eigenvalue weighted by Crippen LogP contribution is 2.15. The van der Waals surface area contributed by atoms with Crippen molar-refractivity contribution in [1.82, 2.24) is 19.7 Å². The Morgan fingerprint density at radius 2 is 2.24 bits per heavy atom. The van der Waals surface area contributed by atoms with Crippen LogP contribution in [0.2, 0.25) is 0 Å². The summed E-state index contributed by atoms with van der Waals surface area (Å²) in [5.74, 6) is 1.30. The lowest BCUT2D eigenvalue weighted by Crippen LogP contribution is -2.11. The van der Waals surface area contributed by atoms with Crippen molar-refractivity contribution in [2.75, 3.05) is 5.32 Å². The molecule has 1 N–H and O–H groups in total. The molecule has 130 valence electrons. The summed E-state index contributed by atoms with van der Waals surface area (Å²) in [5.41, 5.74) is 1.71. The maximum Gasteiger partial charge on any atom is 0.226 e. The molecule has 25 heavy (non-hydrogen) atoms. The maximum atomic E-state index is 12.1. The van der Waals surface area contributed by atoms with Crippen molar-refractivity contribution < 1.29 is 9.32 Å². The summed E-state index contributed by atoms with van der Waals surface area (Å²) >= 11 is 0. The largest absolute Gasteiger partial charge is 0.339 e. The Labute approximate surface area is 146 Å². The summed E-state index contributed by atoms with van der Waals surface area (Å²) in [6, 6.07) is 7.64. The third kappa shape index (κ3) is 4.76. The van der Waals surface area contributed by atoms with E-state index in [2.05, 4.69) is 27.4 Å². The zero-order chi connectivity index (χ0) is 17.5. The zero-order valence-corrected chi connectivity index (χ0v) is 14.2. The van der Waals surface area contributed by atoms with Crippen LogP contribution >= 0.6 is 0 Å². The molecule has 7 nitrogen and oxygen atoms in total. The minimum Gasteiger partial charge on any atom is -0.339 e. The monoisotopic (exact) mass is 339 g/mol. The Morgan fingerprint density at radius 1 is 1.32 bits per heavy atom. The van der Waals surface area contributed by atoms with Gasteiger partial charge >= 0.3 is 0 Å². The van der Waals surface area contributed by atoms with E-state index in [1.165, 1.54) is 0 Å². The van der Waals surface area contributed by atoms with Crippen LogP contribution in [0.1, 0.15) is 37.9 Å². The predicted molar refractivity (Wildman–Crippen MR) is 93.4 cm³/mol. The van der Waals surface area contributed by atoms with E-state index in [9.17, 15) is 4.79 Å². The van der Waals surface area contributed by atoms with Crippen LogP contribution in [0.15, 0.2) is 47.5 Å². The average Bonchev–Trinajstić information content (AvgIpc) is 3.27. The Balaban J connectivity index is 1.48. The highest BCUT2D eigenvalue weighted by Gasteiger charge is 2.08. The van der Waals surface area contributed by atoms with Gasteiger partial charge in [0, 0.05) is 43.0 Å². The number of benzene rings is 1. The number of anilines is 1. The molecule has 2 heterocycles. The van der Waals surface area contributed by atoms with E-state index < -0.39 is 0 Å². The second-order valence-electron chi connectivity index (χ2n) is 5.78. The van der Waals surface area contributed by atoms with E-state index in [0.29, 0.717) is 25.2 Å². The second kappa shape index (κ2) is 8.23. The summed E-state index contributed by atoms with van der Waals surface area (Å²) < 4.78 is 7.06. The number of hydrogen-bond donors (Lipinski definition) is 1. The van der Waals surface area contributed by atoms with Crippen LogP contribution in [0, 0.1) is 0 Å². The topological polar surface area (TPSA) is 85.8 Å². The lowest BCUT2D eigenvalue weighted by atomic mass is 10.2. The van der Waals surface area contributed by atoms with Gasteiger partial charge in [-0.2, -0.15) is 4.98 Å². The molecular formula is C18H21N5O2. The fourth-order valence-corrected chi connectivity index (χ4v) is 2.50. The molecule has 1 amide bonds. The quantitative estimate of drug-likeness (QED) is 0.681. The molecule has 0 aliphatic heterocycles. The highest BCUT2D eigenvalue weighted by molar-refractivity contribution is 5.90. The normalized spacial score (nSPS) is 10.8. The van der Waals surface area contributed by atoms with E-state index >= 15 is 0 Å². The number of amides is 1. The first-order chi connectivity index (χ1) is 12.2. The van der Waals surface area contributed by atoms with Crippen molar-refractivity contribution >= 4 is 11.6 Å². The SMILES string of the molecule is CCCc1noc(CCCC(=O)Nc2cccc(-n3ccnc3)c2)n1. The molecule has 0 fully saturated rings. The third-order valence-electron chi connectivity index (χ3n) is 3.71. The standard InChI is InChI=1S/C18H21N5O2/c1-2-5-16-21-18(25-22-16)9-4-8-17(24)20-14-6-3-7-15(12-14)23-11-10-19-13-23/h3,6-7,10-13H,2,4-5,8-9H2,1H3,(H,20,24). The van der Waals surface area contributed by atoms with Gasteiger partial charge in [-0.15, -0.1) is 0 Å². The summed E-state index contributed by atoms with van der Waals surface area (Å²) in [4.78, 5) is 20.4. The number of imidazole rings is 1. The van der Waals surface area contributed by atoms with Crippen LogP contribution in [0.4, 0.5) is 5.69 Å². The van der Waals surface area contributed by atoms with Gasteiger partial charge in [0.2, 0.25) is 11.8 Å². The number of rotatable bonds is 8. The molecule has 3 rings (SSSR count). The van der Waals surface area contributed by atoms with Gasteiger partial charge < -0.3 is 14.4 Å². The van der Waals surface area contributed by atoms with E-state index in [1.54, 1.807) is 12.5 Å². The van der Waals surface area contributed by atoms with Gasteiger partial charge in [0.25, 0.3) is 0 Å². The molecule has 0 spiro atoms. The number of carbonyl (C=O) groups excluding carboxylic acids is 1. The van der Waals surface area contributed by atoms with Gasteiger partial charge in [0.15, 0.2) is 5.82 Å². The minimum absolute atomic E-state index is 0.0314. The van der Waals surface area contributed by atoms with Crippen molar-refractivity contribution in [2.24, 2.45) is 0 Å². The van der Waals surface area contributed by atoms with Crippen molar-refractivity contribution in [3.8, 4) is 5.69 Å². The van der Waals surface area contributed by atoms with Gasteiger partial charge in [-0.3, -0.25) is 4.79 Å². The Bertz CT molecular complexity index is 811. The van der Waals surface area contributed by atoms with Crippen LogP contribution in [0.3, 0.4) is 0 Å². The predicted octanol–water partition coefficient (Wildman–Crippen LogP) is 3.17. The van der Waals surface area contributed by atoms with E-state index in [1.807, 2.05) is 35.0 Å². The summed E-state index contributed by atoms with van der Waals surface area (Å²) in [5, 5.41) is 6.83. The van der Waals surface area contributed by atoms with Crippen molar-refractivity contribution in [3.63, 3.8) is 0 Å². The van der Waals surface area contributed by atoms with Crippen LogP contribution < -0.4 is 5.32 Å². The first kappa shape index (κ1) is 16.9. The molecule has 0 unspecified atom stereocenters. The molecule has 0 saturated heterocycles. The molecule has 0 radical (unpaired) electrons. The van der Waals surface area contributed by atoms with Gasteiger partial charge in [-0.1, -0.05) is 18.1 Å². The smallest absolute Gasteiger partial charge is 0.226 e. The summed E-state index contributed by atoms with van der Waals surface area (Å²) in [6.07, 6.45) is 8.78. The molecule has 0 aliphatic carbocycles. The fraction of sp³-hybridized carbons (Fsp3) is 0.333. The van der Waals surface area contributed by atoms with Gasteiger partial charge in [-0.25, -0.2) is 4.98 Å². The van der Waals surface area contributed by atoms with Crippen molar-refractivity contribution in [2.45, 2.75) is 39.0 Å². The number of aromatic nitrogens is 4. The van der Waals surface area contributed by atoms with Gasteiger partial charge in [0.05, 0.1) is 6.33 Å². The summed E-state index contributed by atoms with van der Waals surface area (Å²) in [7, 11) is 0. The van der Waals surface area contributed by atoms with Crippen LogP contribution in [0.25, 0.3) is 5.69 Å². The Morgan fingerprint density at radius 3 is 3.04 bits per heavy atom. The highest BCUT2D eigenvalue weighted by atomic mass is 16.5. The van der Waals surface area contributed by atoms with Gasteiger partial charge in [0.1, 0.15) is 0 Å². The van der Waals surface area contributed by atoms with E-state index in [-0.39, 0.29) is 5.91 Å². The van der Waals surface area contributed by atoms with Crippen molar-refractivity contribution in [1.29, 1.82) is 0 Å².